The van der Waals surface area contributed by atoms with Crippen molar-refractivity contribution in [3.63, 3.8) is 0 Å². The lowest BCUT2D eigenvalue weighted by molar-refractivity contribution is 0.0581. The Kier molecular flexibility index (Phi) is 4.86. The number of benzene rings is 1. The molecule has 1 unspecified atom stereocenters. The van der Waals surface area contributed by atoms with Gasteiger partial charge in [0.1, 0.15) is 0 Å². The Bertz CT molecular complexity index is 376. The lowest BCUT2D eigenvalue weighted by Gasteiger charge is -2.10. The van der Waals surface area contributed by atoms with E-state index in [0.717, 1.165) is 0 Å². The Balaban J connectivity index is 2.84. The molecule has 0 amide bonds. The number of rotatable bonds is 4. The molecule has 0 radical (unpaired) electrons. The molecule has 0 fully saturated rings. The second-order valence-corrected chi connectivity index (χ2v) is 3.59. The fourth-order valence-corrected chi connectivity index (χ4v) is 1.36. The van der Waals surface area contributed by atoms with Crippen LogP contribution < -0.4 is 0 Å². The van der Waals surface area contributed by atoms with Crippen molar-refractivity contribution < 1.29 is 9.84 Å². The average Bonchev–Trinajstić information content (AvgIpc) is 2.24. The largest absolute Gasteiger partial charge is 0.394 e. The highest BCUT2D eigenvalue weighted by atomic mass is 35.5. The second kappa shape index (κ2) is 5.94. The molecule has 0 saturated carbocycles. The van der Waals surface area contributed by atoms with Crippen molar-refractivity contribution in [2.75, 3.05) is 13.2 Å². The topological polar surface area (TPSA) is 53.2 Å². The zero-order valence-electron chi connectivity index (χ0n) is 7.78. The number of aliphatic hydroxyl groups excluding tert-OH is 1. The van der Waals surface area contributed by atoms with Crippen molar-refractivity contribution in [1.29, 1.82) is 5.26 Å². The van der Waals surface area contributed by atoms with E-state index in [1.54, 1.807) is 18.2 Å². The summed E-state index contributed by atoms with van der Waals surface area (Å²) in [5.41, 5.74) is 0.625. The van der Waals surface area contributed by atoms with Gasteiger partial charge >= 0.3 is 0 Å². The van der Waals surface area contributed by atoms with Gasteiger partial charge in [-0.1, -0.05) is 29.3 Å². The predicted octanol–water partition coefficient (Wildman–Crippen LogP) is 2.57. The van der Waals surface area contributed by atoms with Crippen molar-refractivity contribution in [3.05, 3.63) is 33.8 Å². The highest BCUT2D eigenvalue weighted by molar-refractivity contribution is 6.42. The molecule has 3 nitrogen and oxygen atoms in total. The van der Waals surface area contributed by atoms with E-state index in [0.29, 0.717) is 15.6 Å². The summed E-state index contributed by atoms with van der Waals surface area (Å²) in [5.74, 6) is 0. The molecule has 80 valence electrons. The monoisotopic (exact) mass is 245 g/mol. The second-order valence-electron chi connectivity index (χ2n) is 2.78. The Hall–Kier alpha value is -0.790. The van der Waals surface area contributed by atoms with Gasteiger partial charge in [-0.3, -0.25) is 0 Å². The molecule has 0 aromatic heterocycles. The summed E-state index contributed by atoms with van der Waals surface area (Å²) in [6.45, 7) is -0.0159. The minimum absolute atomic E-state index is 0.110. The van der Waals surface area contributed by atoms with Gasteiger partial charge in [0.25, 0.3) is 0 Å². The standard InChI is InChI=1S/C10H9Cl2NO2/c11-8-2-1-7(5-9(8)12)10(6-13)15-4-3-14/h1-2,5,10,14H,3-4H2. The van der Waals surface area contributed by atoms with E-state index >= 15 is 0 Å². The number of ether oxygens (including phenoxy) is 1. The summed E-state index contributed by atoms with van der Waals surface area (Å²) < 4.78 is 5.11. The number of halogens is 2. The van der Waals surface area contributed by atoms with E-state index < -0.39 is 6.10 Å². The molecule has 0 aliphatic rings. The molecular formula is C10H9Cl2NO2. The Morgan fingerprint density at radius 1 is 1.40 bits per heavy atom. The number of nitrogens with zero attached hydrogens (tertiary/aromatic N) is 1. The number of nitriles is 1. The smallest absolute Gasteiger partial charge is 0.169 e. The van der Waals surface area contributed by atoms with Crippen LogP contribution in [-0.2, 0) is 4.74 Å². The van der Waals surface area contributed by atoms with Crippen LogP contribution in [0.15, 0.2) is 18.2 Å². The third-order valence-corrected chi connectivity index (χ3v) is 2.48. The summed E-state index contributed by atoms with van der Waals surface area (Å²) in [7, 11) is 0. The summed E-state index contributed by atoms with van der Waals surface area (Å²) in [5, 5.41) is 18.2. The van der Waals surface area contributed by atoms with Crippen LogP contribution in [-0.4, -0.2) is 18.3 Å². The lowest BCUT2D eigenvalue weighted by atomic mass is 10.1. The molecule has 15 heavy (non-hydrogen) atoms. The Labute approximate surface area is 97.8 Å². The average molecular weight is 246 g/mol. The van der Waals surface area contributed by atoms with Gasteiger partial charge in [0.05, 0.1) is 29.3 Å². The van der Waals surface area contributed by atoms with Crippen molar-refractivity contribution in [1.82, 2.24) is 0 Å². The van der Waals surface area contributed by atoms with Crippen molar-refractivity contribution in [3.8, 4) is 6.07 Å². The summed E-state index contributed by atoms with van der Waals surface area (Å²) in [6.07, 6.45) is -0.730. The van der Waals surface area contributed by atoms with Gasteiger partial charge in [0.2, 0.25) is 0 Å². The molecule has 1 rings (SSSR count). The van der Waals surface area contributed by atoms with E-state index in [1.807, 2.05) is 6.07 Å². The number of hydrogen-bond donors (Lipinski definition) is 1. The predicted molar refractivity (Wildman–Crippen MR) is 57.9 cm³/mol. The maximum Gasteiger partial charge on any atom is 0.169 e. The van der Waals surface area contributed by atoms with Crippen molar-refractivity contribution >= 4 is 23.2 Å². The van der Waals surface area contributed by atoms with Crippen LogP contribution in [0, 0.1) is 11.3 Å². The van der Waals surface area contributed by atoms with Crippen LogP contribution in [0.4, 0.5) is 0 Å². The van der Waals surface area contributed by atoms with E-state index in [-0.39, 0.29) is 13.2 Å². The van der Waals surface area contributed by atoms with Crippen LogP contribution >= 0.6 is 23.2 Å². The fourth-order valence-electron chi connectivity index (χ4n) is 1.05. The molecule has 1 N–H and O–H groups in total. The highest BCUT2D eigenvalue weighted by Gasteiger charge is 2.11. The zero-order chi connectivity index (χ0) is 11.3. The molecule has 0 heterocycles. The van der Waals surface area contributed by atoms with E-state index in [4.69, 9.17) is 38.3 Å². The van der Waals surface area contributed by atoms with Crippen LogP contribution in [0.25, 0.3) is 0 Å². The van der Waals surface area contributed by atoms with Crippen molar-refractivity contribution in [2.24, 2.45) is 0 Å². The van der Waals surface area contributed by atoms with Gasteiger partial charge in [0, 0.05) is 0 Å². The van der Waals surface area contributed by atoms with Gasteiger partial charge in [0.15, 0.2) is 6.10 Å². The molecule has 1 aromatic rings. The van der Waals surface area contributed by atoms with Gasteiger partial charge < -0.3 is 9.84 Å². The van der Waals surface area contributed by atoms with Gasteiger partial charge in [-0.15, -0.1) is 0 Å². The molecular weight excluding hydrogens is 237 g/mol. The lowest BCUT2D eigenvalue weighted by Crippen LogP contribution is -2.06. The molecule has 0 spiro atoms. The van der Waals surface area contributed by atoms with Gasteiger partial charge in [-0.05, 0) is 17.7 Å². The Morgan fingerprint density at radius 3 is 2.67 bits per heavy atom. The molecule has 0 aliphatic heterocycles. The maximum atomic E-state index is 8.83. The van der Waals surface area contributed by atoms with E-state index in [2.05, 4.69) is 0 Å². The molecule has 0 bridgehead atoms. The first-order chi connectivity index (χ1) is 7.19. The van der Waals surface area contributed by atoms with Crippen LogP contribution in [0.2, 0.25) is 10.0 Å². The molecule has 0 saturated heterocycles. The van der Waals surface area contributed by atoms with Crippen LogP contribution in [0.1, 0.15) is 11.7 Å². The summed E-state index contributed by atoms with van der Waals surface area (Å²) in [6, 6.07) is 6.81. The molecule has 1 aromatic carbocycles. The van der Waals surface area contributed by atoms with Gasteiger partial charge in [-0.2, -0.15) is 5.26 Å². The molecule has 5 heteroatoms. The fraction of sp³-hybridized carbons (Fsp3) is 0.300. The zero-order valence-corrected chi connectivity index (χ0v) is 9.29. The SMILES string of the molecule is N#CC(OCCO)c1ccc(Cl)c(Cl)c1. The third-order valence-electron chi connectivity index (χ3n) is 1.74. The van der Waals surface area contributed by atoms with Crippen molar-refractivity contribution in [2.45, 2.75) is 6.10 Å². The number of hydrogen-bond acceptors (Lipinski definition) is 3. The van der Waals surface area contributed by atoms with E-state index in [1.165, 1.54) is 0 Å². The molecule has 1 atom stereocenters. The van der Waals surface area contributed by atoms with Crippen LogP contribution in [0.3, 0.4) is 0 Å². The maximum absolute atomic E-state index is 8.83. The first-order valence-corrected chi connectivity index (χ1v) is 5.01. The third kappa shape index (κ3) is 3.37. The first kappa shape index (κ1) is 12.3. The Morgan fingerprint density at radius 2 is 2.13 bits per heavy atom. The first-order valence-electron chi connectivity index (χ1n) is 4.26. The summed E-state index contributed by atoms with van der Waals surface area (Å²) in [4.78, 5) is 0. The summed E-state index contributed by atoms with van der Waals surface area (Å²) >= 11 is 11.5. The minimum atomic E-state index is -0.730. The van der Waals surface area contributed by atoms with E-state index in [9.17, 15) is 0 Å². The highest BCUT2D eigenvalue weighted by Crippen LogP contribution is 2.26. The quantitative estimate of drug-likeness (QED) is 0.888. The normalized spacial score (nSPS) is 12.1. The minimum Gasteiger partial charge on any atom is -0.394 e. The van der Waals surface area contributed by atoms with Gasteiger partial charge in [-0.25, -0.2) is 0 Å². The molecule has 0 aliphatic carbocycles. The number of aliphatic hydroxyl groups is 1. The van der Waals surface area contributed by atoms with Crippen LogP contribution in [0.5, 0.6) is 0 Å².